The Labute approximate surface area is 380 Å². The second-order valence-corrected chi connectivity index (χ2v) is 17.4. The number of nitrogens with one attached hydrogen (secondary N) is 6. The molecule has 20 heteroatoms. The van der Waals surface area contributed by atoms with E-state index in [4.69, 9.17) is 17.2 Å². The van der Waals surface area contributed by atoms with Gasteiger partial charge in [0, 0.05) is 18.7 Å². The fourth-order valence-electron chi connectivity index (χ4n) is 7.50. The zero-order chi connectivity index (χ0) is 48.4. The normalized spacial score (nSPS) is 16.8. The van der Waals surface area contributed by atoms with Gasteiger partial charge in [0.25, 0.3) is 0 Å². The molecule has 0 radical (unpaired) electrons. The van der Waals surface area contributed by atoms with Crippen LogP contribution in [0.3, 0.4) is 0 Å². The van der Waals surface area contributed by atoms with Crippen LogP contribution in [0.4, 0.5) is 5.69 Å². The van der Waals surface area contributed by atoms with Gasteiger partial charge in [-0.25, -0.2) is 0 Å². The van der Waals surface area contributed by atoms with Crippen LogP contribution in [0.1, 0.15) is 92.9 Å². The molecular weight excluding hydrogens is 839 g/mol. The fourth-order valence-corrected chi connectivity index (χ4v) is 7.50. The maximum absolute atomic E-state index is 14.3. The van der Waals surface area contributed by atoms with Crippen LogP contribution in [-0.4, -0.2) is 120 Å². The second kappa shape index (κ2) is 26.0. The number of nitrogens with zero attached hydrogens (tertiary/aromatic N) is 2. The summed E-state index contributed by atoms with van der Waals surface area (Å²) >= 11 is 0. The molecule has 1 saturated heterocycles. The summed E-state index contributed by atoms with van der Waals surface area (Å²) in [5, 5.41) is 28.3. The summed E-state index contributed by atoms with van der Waals surface area (Å²) in [7, 11) is 0. The molecule has 7 amide bonds. The van der Waals surface area contributed by atoms with Crippen LogP contribution in [0.25, 0.3) is 10.8 Å². The Morgan fingerprint density at radius 3 is 1.95 bits per heavy atom. The molecule has 0 aromatic heterocycles. The summed E-state index contributed by atoms with van der Waals surface area (Å²) in [6.45, 7) is 10.9. The first-order valence-corrected chi connectivity index (χ1v) is 22.3. The van der Waals surface area contributed by atoms with E-state index in [2.05, 4.69) is 36.9 Å². The van der Waals surface area contributed by atoms with Crippen molar-refractivity contribution in [1.29, 1.82) is 0 Å². The van der Waals surface area contributed by atoms with Gasteiger partial charge in [-0.3, -0.25) is 38.6 Å². The van der Waals surface area contributed by atoms with Crippen molar-refractivity contribution in [3.8, 4) is 0 Å². The van der Waals surface area contributed by atoms with Crippen molar-refractivity contribution >= 4 is 70.1 Å². The van der Waals surface area contributed by atoms with Crippen molar-refractivity contribution < 1.29 is 43.5 Å². The minimum atomic E-state index is -1.44. The topological polar surface area (TPSA) is 323 Å². The number of aldehydes is 1. The number of benzene rings is 2. The van der Waals surface area contributed by atoms with Gasteiger partial charge < -0.3 is 63.9 Å². The lowest BCUT2D eigenvalue weighted by Gasteiger charge is -2.32. The average Bonchev–Trinajstić information content (AvgIpc) is 3.79. The number of fused-ring (bicyclic) bond motifs is 1. The number of hydrogen-bond donors (Lipinski definition) is 10. The number of carbonyl (C=O) groups excluding carboxylic acids is 8. The Morgan fingerprint density at radius 1 is 0.785 bits per heavy atom. The van der Waals surface area contributed by atoms with E-state index < -0.39 is 89.7 Å². The van der Waals surface area contributed by atoms with Crippen molar-refractivity contribution in [2.75, 3.05) is 18.0 Å². The molecule has 0 aliphatic carbocycles. The number of nitrogens with two attached hydrogens (primary N) is 3. The van der Waals surface area contributed by atoms with E-state index in [1.807, 2.05) is 58.0 Å². The van der Waals surface area contributed by atoms with Gasteiger partial charge in [0.1, 0.15) is 36.5 Å². The predicted octanol–water partition coefficient (Wildman–Crippen LogP) is -0.272. The van der Waals surface area contributed by atoms with Crippen LogP contribution in [-0.2, 0) is 38.4 Å². The summed E-state index contributed by atoms with van der Waals surface area (Å²) in [5.74, 6) is -5.49. The van der Waals surface area contributed by atoms with Gasteiger partial charge in [-0.05, 0) is 100 Å². The predicted molar refractivity (Wildman–Crippen MR) is 247 cm³/mol. The zero-order valence-electron chi connectivity index (χ0n) is 38.3. The standard InChI is InChI=1S/C45H69N11O9/c1-25(2)21-32(24-57)56(31-16-15-29-11-7-8-12-30(29)23-31)44(65)27(5)51-40(61)35(17-18-37(46)59)53-41(62)34(14-10-20-50-45(47)48)52-42(63)36(22-26(3)4)54-43(64)38(28(6)58)55-39(60)33-13-9-19-49-33/h7-8,11-12,15-16,23-28,32-36,38,49,58H,9-10,13-14,17-22H2,1-6H3,(H2,46,59)(H,51,61)(H,52,63)(H,53,62)(H,54,64)(H,55,60)(H4,47,48,50)/t27-,28+,32-,33-,34-,35-,36-,38-/m0/s1. The number of carbonyl (C=O) groups is 8. The van der Waals surface area contributed by atoms with Crippen molar-refractivity contribution in [2.45, 2.75) is 141 Å². The van der Waals surface area contributed by atoms with Gasteiger partial charge in [-0.2, -0.15) is 0 Å². The molecule has 1 aliphatic heterocycles. The third-order valence-electron chi connectivity index (χ3n) is 10.8. The molecule has 0 bridgehead atoms. The van der Waals surface area contributed by atoms with E-state index in [9.17, 15) is 43.5 Å². The minimum absolute atomic E-state index is 0.0249. The fraction of sp³-hybridized carbons (Fsp3) is 0.578. The molecule has 13 N–H and O–H groups in total. The second-order valence-electron chi connectivity index (χ2n) is 17.4. The number of amides is 7. The van der Waals surface area contributed by atoms with Gasteiger partial charge >= 0.3 is 0 Å². The number of rotatable bonds is 26. The number of aliphatic hydroxyl groups is 1. The number of hydrogen-bond acceptors (Lipinski definition) is 11. The van der Waals surface area contributed by atoms with Crippen LogP contribution in [0.15, 0.2) is 47.5 Å². The average molecular weight is 908 g/mol. The highest BCUT2D eigenvalue weighted by atomic mass is 16.3. The molecule has 3 rings (SSSR count). The Kier molecular flexibility index (Phi) is 21.3. The molecule has 2 aromatic rings. The SMILES string of the molecule is CC(C)C[C@H](NC(=O)[C@@H](NC(=O)[C@@H]1CCCN1)[C@@H](C)O)C(=O)N[C@@H](CCCN=C(N)N)C(=O)N[C@@H](CCC(N)=O)C(=O)N[C@@H](C)C(=O)N(c1ccc2ccccc2c1)[C@H](C=O)CC(C)C. The first-order chi connectivity index (χ1) is 30.7. The van der Waals surface area contributed by atoms with Crippen LogP contribution in [0, 0.1) is 11.8 Å². The lowest BCUT2D eigenvalue weighted by molar-refractivity contribution is -0.136. The van der Waals surface area contributed by atoms with E-state index in [-0.39, 0.29) is 56.4 Å². The minimum Gasteiger partial charge on any atom is -0.391 e. The zero-order valence-corrected chi connectivity index (χ0v) is 38.3. The lowest BCUT2D eigenvalue weighted by atomic mass is 10.0. The molecule has 1 fully saturated rings. The van der Waals surface area contributed by atoms with Crippen LogP contribution < -0.4 is 54.0 Å². The number of anilines is 1. The molecule has 2 aromatic carbocycles. The van der Waals surface area contributed by atoms with Crippen molar-refractivity contribution in [3.63, 3.8) is 0 Å². The van der Waals surface area contributed by atoms with Gasteiger partial charge in [-0.15, -0.1) is 0 Å². The Bertz CT molecular complexity index is 2000. The van der Waals surface area contributed by atoms with E-state index in [1.54, 1.807) is 12.1 Å². The van der Waals surface area contributed by atoms with Crippen molar-refractivity contribution in [2.24, 2.45) is 34.0 Å². The largest absolute Gasteiger partial charge is 0.391 e. The maximum atomic E-state index is 14.3. The van der Waals surface area contributed by atoms with Crippen LogP contribution in [0.2, 0.25) is 0 Å². The number of primary amides is 1. The van der Waals surface area contributed by atoms with Crippen LogP contribution in [0.5, 0.6) is 0 Å². The van der Waals surface area contributed by atoms with Crippen molar-refractivity contribution in [1.82, 2.24) is 31.9 Å². The summed E-state index contributed by atoms with van der Waals surface area (Å²) in [6.07, 6.45) is 0.601. The number of aliphatic hydroxyl groups excluding tert-OH is 1. The molecule has 8 atom stereocenters. The summed E-state index contributed by atoms with van der Waals surface area (Å²) in [5.41, 5.74) is 16.9. The first kappa shape index (κ1) is 53.2. The summed E-state index contributed by atoms with van der Waals surface area (Å²) in [6, 6.07) is 4.76. The lowest BCUT2D eigenvalue weighted by Crippen LogP contribution is -2.61. The molecular formula is C45H69N11O9. The van der Waals surface area contributed by atoms with Gasteiger partial charge in [0.2, 0.25) is 41.4 Å². The van der Waals surface area contributed by atoms with E-state index in [0.717, 1.165) is 17.2 Å². The molecule has 1 aliphatic rings. The Hall–Kier alpha value is -6.15. The summed E-state index contributed by atoms with van der Waals surface area (Å²) < 4.78 is 0. The monoisotopic (exact) mass is 908 g/mol. The van der Waals surface area contributed by atoms with E-state index in [1.165, 1.54) is 18.7 Å². The Balaban J connectivity index is 1.89. The van der Waals surface area contributed by atoms with Gasteiger partial charge in [0.05, 0.1) is 18.2 Å². The highest BCUT2D eigenvalue weighted by Gasteiger charge is 2.36. The number of aliphatic imine (C=N–C) groups is 1. The molecule has 358 valence electrons. The smallest absolute Gasteiger partial charge is 0.249 e. The van der Waals surface area contributed by atoms with Crippen LogP contribution >= 0.6 is 0 Å². The van der Waals surface area contributed by atoms with Gasteiger partial charge in [0.15, 0.2) is 5.96 Å². The molecule has 0 saturated carbocycles. The first-order valence-electron chi connectivity index (χ1n) is 22.3. The highest BCUT2D eigenvalue weighted by molar-refractivity contribution is 6.04. The highest BCUT2D eigenvalue weighted by Crippen LogP contribution is 2.26. The van der Waals surface area contributed by atoms with E-state index >= 15 is 0 Å². The number of guanidine groups is 1. The molecule has 0 unspecified atom stereocenters. The van der Waals surface area contributed by atoms with Crippen molar-refractivity contribution in [3.05, 3.63) is 42.5 Å². The molecule has 20 nitrogen and oxygen atoms in total. The molecule has 1 heterocycles. The molecule has 65 heavy (non-hydrogen) atoms. The van der Waals surface area contributed by atoms with E-state index in [0.29, 0.717) is 31.4 Å². The van der Waals surface area contributed by atoms with Gasteiger partial charge in [-0.1, -0.05) is 58.0 Å². The Morgan fingerprint density at radius 2 is 1.38 bits per heavy atom. The molecule has 0 spiro atoms. The quantitative estimate of drug-likeness (QED) is 0.0253. The maximum Gasteiger partial charge on any atom is 0.249 e. The summed E-state index contributed by atoms with van der Waals surface area (Å²) in [4.78, 5) is 113. The third-order valence-corrected chi connectivity index (χ3v) is 10.8. The third kappa shape index (κ3) is 17.1.